The van der Waals surface area contributed by atoms with E-state index in [1.165, 1.54) is 5.56 Å². The van der Waals surface area contributed by atoms with E-state index in [0.717, 1.165) is 12.9 Å². The van der Waals surface area contributed by atoms with Crippen LogP contribution in [0.5, 0.6) is 5.75 Å². The van der Waals surface area contributed by atoms with Gasteiger partial charge in [0.15, 0.2) is 0 Å². The number of aliphatic hydroxyl groups excluding tert-OH is 1. The summed E-state index contributed by atoms with van der Waals surface area (Å²) in [6.45, 7) is 11.9. The Morgan fingerprint density at radius 3 is 1.71 bits per heavy atom. The first-order valence-electron chi connectivity index (χ1n) is 5.62. The fourth-order valence-electron chi connectivity index (χ4n) is 1.09. The molecule has 0 fully saturated rings. The maximum atomic E-state index is 7.00. The highest BCUT2D eigenvalue weighted by molar-refractivity contribution is 5.30. The average Bonchev–Trinajstić information content (AvgIpc) is 2.32. The van der Waals surface area contributed by atoms with Gasteiger partial charge >= 0.3 is 0 Å². The van der Waals surface area contributed by atoms with Crippen LogP contribution in [0.15, 0.2) is 36.9 Å². The van der Waals surface area contributed by atoms with E-state index >= 15 is 0 Å². The molecule has 0 atom stereocenters. The van der Waals surface area contributed by atoms with Crippen molar-refractivity contribution in [2.45, 2.75) is 33.1 Å². The summed E-state index contributed by atoms with van der Waals surface area (Å²) in [5.41, 5.74) is 1.56. The van der Waals surface area contributed by atoms with Crippen LogP contribution in [0.3, 0.4) is 0 Å². The van der Waals surface area contributed by atoms with Gasteiger partial charge in [-0.25, -0.2) is 0 Å². The van der Waals surface area contributed by atoms with Crippen molar-refractivity contribution >= 4 is 0 Å². The van der Waals surface area contributed by atoms with Gasteiger partial charge in [-0.2, -0.15) is 0 Å². The molecule has 1 rings (SSSR count). The molecule has 0 saturated heterocycles. The molecule has 98 valence electrons. The van der Waals surface area contributed by atoms with Crippen LogP contribution in [-0.2, 0) is 5.41 Å². The molecule has 1 aromatic rings. The van der Waals surface area contributed by atoms with Crippen molar-refractivity contribution < 1.29 is 9.84 Å². The van der Waals surface area contributed by atoms with E-state index in [4.69, 9.17) is 9.84 Å². The first-order chi connectivity index (χ1) is 7.95. The van der Waals surface area contributed by atoms with Gasteiger partial charge in [-0.3, -0.25) is 0 Å². The Morgan fingerprint density at radius 1 is 1.12 bits per heavy atom. The third kappa shape index (κ3) is 8.52. The van der Waals surface area contributed by atoms with Gasteiger partial charge in [0.25, 0.3) is 0 Å². The van der Waals surface area contributed by atoms with E-state index in [9.17, 15) is 0 Å². The zero-order chi connectivity index (χ0) is 13.9. The molecule has 0 spiro atoms. The van der Waals surface area contributed by atoms with Crippen molar-refractivity contribution in [1.82, 2.24) is 0 Å². The Labute approximate surface area is 106 Å². The smallest absolute Gasteiger partial charge is 0.118 e. The van der Waals surface area contributed by atoms with Crippen LogP contribution in [0.25, 0.3) is 0 Å². The summed E-state index contributed by atoms with van der Waals surface area (Å²) in [6, 6.07) is 8.22. The second-order valence-electron chi connectivity index (χ2n) is 4.39. The van der Waals surface area contributed by atoms with Crippen LogP contribution in [0.4, 0.5) is 0 Å². The lowest BCUT2D eigenvalue weighted by Crippen LogP contribution is -2.10. The third-order valence-electron chi connectivity index (χ3n) is 1.96. The standard InChI is InChI=1S/C11H16O.C3H6.CH4O/c1-11(2,3)9-5-7-10(12-4)8-6-9;1-3-2;1-2/h5-8H,1-4H3;3H,1H2,2H3;2H,1H3. The molecule has 0 heterocycles. The van der Waals surface area contributed by atoms with Crippen LogP contribution >= 0.6 is 0 Å². The Balaban J connectivity index is 0. The highest BCUT2D eigenvalue weighted by Crippen LogP contribution is 2.23. The monoisotopic (exact) mass is 238 g/mol. The highest BCUT2D eigenvalue weighted by atomic mass is 16.5. The van der Waals surface area contributed by atoms with Gasteiger partial charge in [0.1, 0.15) is 5.75 Å². The molecule has 2 heteroatoms. The van der Waals surface area contributed by atoms with Gasteiger partial charge < -0.3 is 9.84 Å². The van der Waals surface area contributed by atoms with Crippen molar-refractivity contribution in [3.05, 3.63) is 42.5 Å². The highest BCUT2D eigenvalue weighted by Gasteiger charge is 2.12. The molecule has 1 N–H and O–H groups in total. The van der Waals surface area contributed by atoms with E-state index in [1.807, 2.05) is 19.1 Å². The SMILES string of the molecule is C=CC.CO.COc1ccc(C(C)(C)C)cc1. The maximum Gasteiger partial charge on any atom is 0.118 e. The molecule has 0 bridgehead atoms. The zero-order valence-corrected chi connectivity index (χ0v) is 11.9. The Kier molecular flexibility index (Phi) is 10.6. The number of hydrogen-bond acceptors (Lipinski definition) is 2. The van der Waals surface area contributed by atoms with Crippen LogP contribution < -0.4 is 4.74 Å². The average molecular weight is 238 g/mol. The summed E-state index contributed by atoms with van der Waals surface area (Å²) in [6.07, 6.45) is 1.75. The molecule has 0 aliphatic carbocycles. The summed E-state index contributed by atoms with van der Waals surface area (Å²) >= 11 is 0. The quantitative estimate of drug-likeness (QED) is 0.754. The number of ether oxygens (including phenoxy) is 1. The van der Waals surface area contributed by atoms with Crippen molar-refractivity contribution in [1.29, 1.82) is 0 Å². The maximum absolute atomic E-state index is 7.00. The van der Waals surface area contributed by atoms with Gasteiger partial charge in [0.05, 0.1) is 7.11 Å². The molecule has 0 aromatic heterocycles. The summed E-state index contributed by atoms with van der Waals surface area (Å²) in [5, 5.41) is 7.00. The normalized spacial score (nSPS) is 9.12. The molecule has 0 unspecified atom stereocenters. The third-order valence-corrected chi connectivity index (χ3v) is 1.96. The topological polar surface area (TPSA) is 29.5 Å². The molecule has 2 nitrogen and oxygen atoms in total. The number of benzene rings is 1. The minimum atomic E-state index is 0.228. The lowest BCUT2D eigenvalue weighted by Gasteiger charge is -2.18. The summed E-state index contributed by atoms with van der Waals surface area (Å²) in [4.78, 5) is 0. The predicted molar refractivity (Wildman–Crippen MR) is 75.7 cm³/mol. The lowest BCUT2D eigenvalue weighted by atomic mass is 9.87. The summed E-state index contributed by atoms with van der Waals surface area (Å²) in [5.74, 6) is 0.919. The number of aliphatic hydroxyl groups is 1. The van der Waals surface area contributed by atoms with Gasteiger partial charge in [0, 0.05) is 7.11 Å². The second kappa shape index (κ2) is 9.91. The van der Waals surface area contributed by atoms with Crippen LogP contribution in [-0.4, -0.2) is 19.3 Å². The van der Waals surface area contributed by atoms with Crippen molar-refractivity contribution in [3.8, 4) is 5.75 Å². The van der Waals surface area contributed by atoms with Gasteiger partial charge in [-0.05, 0) is 30.0 Å². The van der Waals surface area contributed by atoms with Crippen molar-refractivity contribution in [2.24, 2.45) is 0 Å². The van der Waals surface area contributed by atoms with Crippen LogP contribution in [0.1, 0.15) is 33.3 Å². The Morgan fingerprint density at radius 2 is 1.47 bits per heavy atom. The first kappa shape index (κ1) is 18.1. The Bertz CT molecular complexity index is 281. The molecule has 0 aliphatic heterocycles. The zero-order valence-electron chi connectivity index (χ0n) is 11.9. The van der Waals surface area contributed by atoms with E-state index in [-0.39, 0.29) is 5.41 Å². The van der Waals surface area contributed by atoms with Gasteiger partial charge in [0.2, 0.25) is 0 Å². The molecule has 17 heavy (non-hydrogen) atoms. The Hall–Kier alpha value is -1.28. The van der Waals surface area contributed by atoms with E-state index < -0.39 is 0 Å². The molecule has 0 aliphatic rings. The first-order valence-corrected chi connectivity index (χ1v) is 5.62. The van der Waals surface area contributed by atoms with Crippen LogP contribution in [0, 0.1) is 0 Å². The van der Waals surface area contributed by atoms with E-state index in [1.54, 1.807) is 13.2 Å². The molecule has 0 amide bonds. The fourth-order valence-corrected chi connectivity index (χ4v) is 1.09. The van der Waals surface area contributed by atoms with Crippen molar-refractivity contribution in [2.75, 3.05) is 14.2 Å². The number of hydrogen-bond donors (Lipinski definition) is 1. The van der Waals surface area contributed by atoms with E-state index in [0.29, 0.717) is 0 Å². The summed E-state index contributed by atoms with van der Waals surface area (Å²) in [7, 11) is 2.69. The van der Waals surface area contributed by atoms with Gasteiger partial charge in [-0.15, -0.1) is 6.58 Å². The molecular formula is C15H26O2. The van der Waals surface area contributed by atoms with E-state index in [2.05, 4.69) is 39.5 Å². The predicted octanol–water partition coefficient (Wildman–Crippen LogP) is 3.79. The van der Waals surface area contributed by atoms with Crippen molar-refractivity contribution in [3.63, 3.8) is 0 Å². The second-order valence-corrected chi connectivity index (χ2v) is 4.39. The molecule has 1 aromatic carbocycles. The number of rotatable bonds is 1. The fraction of sp³-hybridized carbons (Fsp3) is 0.467. The molecule has 0 saturated carbocycles. The number of allylic oxidation sites excluding steroid dienone is 1. The van der Waals surface area contributed by atoms with Crippen LogP contribution in [0.2, 0.25) is 0 Å². The van der Waals surface area contributed by atoms with Gasteiger partial charge in [-0.1, -0.05) is 39.0 Å². The molecule has 0 radical (unpaired) electrons. The summed E-state index contributed by atoms with van der Waals surface area (Å²) < 4.78 is 5.08. The minimum Gasteiger partial charge on any atom is -0.497 e. The largest absolute Gasteiger partial charge is 0.497 e. The number of methoxy groups -OCH3 is 1. The minimum absolute atomic E-state index is 0.228. The lowest BCUT2D eigenvalue weighted by molar-refractivity contribution is 0.399. The molecular weight excluding hydrogens is 212 g/mol.